The summed E-state index contributed by atoms with van der Waals surface area (Å²) < 4.78 is 5.51. The number of thioether (sulfide) groups is 1. The molecule has 0 spiro atoms. The van der Waals surface area contributed by atoms with Crippen molar-refractivity contribution in [1.82, 2.24) is 0 Å². The van der Waals surface area contributed by atoms with Gasteiger partial charge in [-0.1, -0.05) is 71.2 Å². The Morgan fingerprint density at radius 3 is 1.76 bits per heavy atom. The number of hydrogen-bond donors (Lipinski definition) is 0. The van der Waals surface area contributed by atoms with E-state index < -0.39 is 12.7 Å². The standard InChI is InChI=1S/C32H48O3PS/c1-7-11-22-36(23-12-8-2,24-13-9-3)25-26-14-16-27(17-15-26)30(33)37-29-20-18-28(19-21-29)35-31(34)32(5,6)10-4/h14-21H,7-13,22-25H2,1-6H3/q+1. The van der Waals surface area contributed by atoms with E-state index in [1.807, 2.05) is 45.0 Å². The second kappa shape index (κ2) is 15.7. The average Bonchev–Trinajstić information content (AvgIpc) is 2.90. The third-order valence-electron chi connectivity index (χ3n) is 7.35. The number of ether oxygens (including phenoxy) is 1. The van der Waals surface area contributed by atoms with Crippen molar-refractivity contribution >= 4 is 30.1 Å². The maximum Gasteiger partial charge on any atom is 0.316 e. The van der Waals surface area contributed by atoms with Crippen molar-refractivity contribution in [3.8, 4) is 5.75 Å². The van der Waals surface area contributed by atoms with E-state index in [-0.39, 0.29) is 11.1 Å². The van der Waals surface area contributed by atoms with Crippen LogP contribution in [0.4, 0.5) is 0 Å². The number of esters is 1. The van der Waals surface area contributed by atoms with E-state index in [2.05, 4.69) is 32.9 Å². The normalized spacial score (nSPS) is 11.9. The lowest BCUT2D eigenvalue weighted by Gasteiger charge is -2.28. The van der Waals surface area contributed by atoms with Gasteiger partial charge in [0.25, 0.3) is 0 Å². The molecule has 2 rings (SSSR count). The van der Waals surface area contributed by atoms with E-state index in [0.717, 1.165) is 10.5 Å². The number of benzene rings is 2. The first-order valence-corrected chi connectivity index (χ1v) is 17.5. The third kappa shape index (κ3) is 10.2. The molecule has 5 heteroatoms. The van der Waals surface area contributed by atoms with Gasteiger partial charge >= 0.3 is 5.97 Å². The van der Waals surface area contributed by atoms with Crippen molar-refractivity contribution in [2.75, 3.05) is 18.5 Å². The maximum absolute atomic E-state index is 13.0. The van der Waals surface area contributed by atoms with Gasteiger partial charge in [-0.25, -0.2) is 0 Å². The largest absolute Gasteiger partial charge is 0.426 e. The molecule has 0 amide bonds. The minimum absolute atomic E-state index is 0.0346. The summed E-state index contributed by atoms with van der Waals surface area (Å²) in [6.45, 7) is 12.7. The molecule has 2 aromatic rings. The zero-order valence-corrected chi connectivity index (χ0v) is 25.7. The molecule has 204 valence electrons. The molecule has 0 saturated heterocycles. The van der Waals surface area contributed by atoms with Crippen molar-refractivity contribution < 1.29 is 14.3 Å². The fourth-order valence-electron chi connectivity index (χ4n) is 4.32. The van der Waals surface area contributed by atoms with Crippen LogP contribution in [0.3, 0.4) is 0 Å². The van der Waals surface area contributed by atoms with Crippen LogP contribution in [-0.4, -0.2) is 29.6 Å². The van der Waals surface area contributed by atoms with Gasteiger partial charge in [0.05, 0.1) is 30.1 Å². The van der Waals surface area contributed by atoms with Crippen LogP contribution in [0.15, 0.2) is 53.4 Å². The molecule has 0 saturated carbocycles. The van der Waals surface area contributed by atoms with Gasteiger partial charge in [-0.05, 0) is 81.1 Å². The monoisotopic (exact) mass is 543 g/mol. The molecule has 0 bridgehead atoms. The molecule has 0 aromatic heterocycles. The number of carbonyl (C=O) groups is 2. The van der Waals surface area contributed by atoms with Crippen LogP contribution in [0, 0.1) is 5.41 Å². The summed E-state index contributed by atoms with van der Waals surface area (Å²) in [6, 6.07) is 15.6. The van der Waals surface area contributed by atoms with Crippen LogP contribution in [-0.2, 0) is 11.0 Å². The van der Waals surface area contributed by atoms with Crippen molar-refractivity contribution in [1.29, 1.82) is 0 Å². The summed E-state index contributed by atoms with van der Waals surface area (Å²) in [5.41, 5.74) is 1.60. The predicted octanol–water partition coefficient (Wildman–Crippen LogP) is 9.88. The summed E-state index contributed by atoms with van der Waals surface area (Å²) in [5.74, 6) is 0.269. The molecule has 0 radical (unpaired) electrons. The molecular weight excluding hydrogens is 495 g/mol. The second-order valence-electron chi connectivity index (χ2n) is 10.9. The highest BCUT2D eigenvalue weighted by atomic mass is 32.2. The van der Waals surface area contributed by atoms with Gasteiger partial charge in [0, 0.05) is 17.7 Å². The summed E-state index contributed by atoms with van der Waals surface area (Å²) in [6.07, 6.45) is 14.0. The zero-order chi connectivity index (χ0) is 27.3. The lowest BCUT2D eigenvalue weighted by Crippen LogP contribution is -2.28. The Kier molecular flexibility index (Phi) is 13.4. The van der Waals surface area contributed by atoms with E-state index >= 15 is 0 Å². The summed E-state index contributed by atoms with van der Waals surface area (Å²) in [7, 11) is -1.02. The third-order valence-corrected chi connectivity index (χ3v) is 13.1. The van der Waals surface area contributed by atoms with E-state index in [1.54, 1.807) is 12.1 Å². The lowest BCUT2D eigenvalue weighted by atomic mass is 9.91. The van der Waals surface area contributed by atoms with Gasteiger partial charge in [0.1, 0.15) is 5.75 Å². The Morgan fingerprint density at radius 1 is 0.784 bits per heavy atom. The van der Waals surface area contributed by atoms with Crippen molar-refractivity contribution in [3.05, 3.63) is 59.7 Å². The van der Waals surface area contributed by atoms with Crippen molar-refractivity contribution in [2.45, 2.75) is 97.5 Å². The first-order chi connectivity index (χ1) is 17.7. The second-order valence-corrected chi connectivity index (χ2v) is 16.3. The van der Waals surface area contributed by atoms with Gasteiger partial charge < -0.3 is 4.74 Å². The van der Waals surface area contributed by atoms with E-state index in [4.69, 9.17) is 4.74 Å². The topological polar surface area (TPSA) is 43.4 Å². The van der Waals surface area contributed by atoms with Crippen molar-refractivity contribution in [2.24, 2.45) is 5.41 Å². The summed E-state index contributed by atoms with van der Waals surface area (Å²) in [5, 5.41) is 0.0346. The first-order valence-electron chi connectivity index (χ1n) is 14.2. The quantitative estimate of drug-likeness (QED) is 0.0914. The van der Waals surface area contributed by atoms with Crippen LogP contribution in [0.5, 0.6) is 5.75 Å². The predicted molar refractivity (Wildman–Crippen MR) is 163 cm³/mol. The molecule has 0 atom stereocenters. The molecule has 0 heterocycles. The Balaban J connectivity index is 2.05. The highest BCUT2D eigenvalue weighted by molar-refractivity contribution is 8.14. The van der Waals surface area contributed by atoms with Crippen LogP contribution >= 0.6 is 19.0 Å². The van der Waals surface area contributed by atoms with Crippen LogP contribution in [0.1, 0.15) is 102 Å². The average molecular weight is 544 g/mol. The molecule has 0 aliphatic rings. The Bertz CT molecular complexity index is 945. The van der Waals surface area contributed by atoms with Crippen LogP contribution < -0.4 is 4.74 Å². The number of unbranched alkanes of at least 4 members (excludes halogenated alkanes) is 3. The Labute approximate surface area is 230 Å². The maximum atomic E-state index is 13.0. The number of carbonyl (C=O) groups excluding carboxylic acids is 2. The SMILES string of the molecule is CCCC[P+](CCCC)(CCCC)Cc1ccc(C(=O)Sc2ccc(OC(=O)C(C)(C)CC)cc2)cc1. The van der Waals surface area contributed by atoms with E-state index in [1.165, 1.54) is 80.5 Å². The molecule has 0 unspecified atom stereocenters. The van der Waals surface area contributed by atoms with Gasteiger partial charge in [-0.3, -0.25) is 9.59 Å². The molecule has 0 aliphatic carbocycles. The van der Waals surface area contributed by atoms with Gasteiger partial charge in [0.15, 0.2) is 0 Å². The van der Waals surface area contributed by atoms with Gasteiger partial charge in [-0.2, -0.15) is 0 Å². The minimum Gasteiger partial charge on any atom is -0.426 e. The molecule has 2 aromatic carbocycles. The van der Waals surface area contributed by atoms with Gasteiger partial charge in [0.2, 0.25) is 5.12 Å². The van der Waals surface area contributed by atoms with E-state index in [9.17, 15) is 9.59 Å². The highest BCUT2D eigenvalue weighted by Crippen LogP contribution is 2.63. The molecule has 0 aliphatic heterocycles. The Morgan fingerprint density at radius 2 is 1.30 bits per heavy atom. The molecule has 37 heavy (non-hydrogen) atoms. The fraction of sp³-hybridized carbons (Fsp3) is 0.562. The summed E-state index contributed by atoms with van der Waals surface area (Å²) >= 11 is 1.21. The van der Waals surface area contributed by atoms with E-state index in [0.29, 0.717) is 12.2 Å². The van der Waals surface area contributed by atoms with Crippen LogP contribution in [0.25, 0.3) is 0 Å². The fourth-order valence-corrected chi connectivity index (χ4v) is 10.1. The van der Waals surface area contributed by atoms with Gasteiger partial charge in [-0.15, -0.1) is 0 Å². The minimum atomic E-state index is -1.02. The molecule has 0 fully saturated rings. The van der Waals surface area contributed by atoms with Crippen LogP contribution in [0.2, 0.25) is 0 Å². The Hall–Kier alpha value is -1.64. The molecular formula is C32H48O3PS+. The first kappa shape index (κ1) is 31.6. The number of hydrogen-bond acceptors (Lipinski definition) is 4. The van der Waals surface area contributed by atoms with Crippen molar-refractivity contribution in [3.63, 3.8) is 0 Å². The highest BCUT2D eigenvalue weighted by Gasteiger charge is 2.35. The lowest BCUT2D eigenvalue weighted by molar-refractivity contribution is -0.144. The zero-order valence-electron chi connectivity index (χ0n) is 24.0. The molecule has 0 N–H and O–H groups in total. The smallest absolute Gasteiger partial charge is 0.316 e. The summed E-state index contributed by atoms with van der Waals surface area (Å²) in [4.78, 5) is 26.1. The number of rotatable bonds is 16. The molecule has 3 nitrogen and oxygen atoms in total.